The number of rotatable bonds is 3. The lowest BCUT2D eigenvalue weighted by Crippen LogP contribution is -2.15. The quantitative estimate of drug-likeness (QED) is 0.848. The molecule has 3 nitrogen and oxygen atoms in total. The Hall–Kier alpha value is -1.48. The van der Waals surface area contributed by atoms with Crippen LogP contribution in [0.15, 0.2) is 12.1 Å². The number of aliphatic hydroxyl groups is 1. The van der Waals surface area contributed by atoms with E-state index in [4.69, 9.17) is 0 Å². The van der Waals surface area contributed by atoms with Gasteiger partial charge in [-0.05, 0) is 56.7 Å². The monoisotopic (exact) mass is 259 g/mol. The summed E-state index contributed by atoms with van der Waals surface area (Å²) in [5, 5.41) is 10.1. The number of fused-ring (bicyclic) bond motifs is 1. The molecule has 1 atom stereocenters. The minimum absolute atomic E-state index is 0.0269. The van der Waals surface area contributed by atoms with Gasteiger partial charge in [-0.1, -0.05) is 13.0 Å². The predicted octanol–water partition coefficient (Wildman–Crippen LogP) is 3.14. The van der Waals surface area contributed by atoms with E-state index < -0.39 is 6.10 Å². The van der Waals surface area contributed by atoms with Gasteiger partial charge in [0, 0.05) is 5.57 Å². The zero-order chi connectivity index (χ0) is 14.0. The fraction of sp³-hybridized carbons (Fsp3) is 0.500. The van der Waals surface area contributed by atoms with Crippen LogP contribution in [0, 0.1) is 6.92 Å². The number of aliphatic hydroxyl groups excluding tert-OH is 1. The van der Waals surface area contributed by atoms with E-state index in [-0.39, 0.29) is 5.78 Å². The van der Waals surface area contributed by atoms with Crippen LogP contribution in [0.4, 0.5) is 0 Å². The van der Waals surface area contributed by atoms with Gasteiger partial charge in [0.15, 0.2) is 5.78 Å². The topological polar surface area (TPSA) is 50.2 Å². The van der Waals surface area contributed by atoms with Gasteiger partial charge < -0.3 is 5.11 Å². The van der Waals surface area contributed by atoms with E-state index in [1.807, 2.05) is 26.0 Å². The molecule has 1 aliphatic rings. The average molecular weight is 259 g/mol. The van der Waals surface area contributed by atoms with Crippen molar-refractivity contribution in [2.24, 2.45) is 0 Å². The third kappa shape index (κ3) is 2.76. The van der Waals surface area contributed by atoms with E-state index in [0.29, 0.717) is 11.3 Å². The van der Waals surface area contributed by atoms with Gasteiger partial charge in [0.05, 0.1) is 17.5 Å². The van der Waals surface area contributed by atoms with Crippen LogP contribution < -0.4 is 0 Å². The molecule has 1 heterocycles. The largest absolute Gasteiger partial charge is 0.387 e. The lowest BCUT2D eigenvalue weighted by atomic mass is 9.89. The molecule has 3 heteroatoms. The van der Waals surface area contributed by atoms with E-state index in [2.05, 4.69) is 4.98 Å². The number of carbonyl (C=O) groups is 1. The smallest absolute Gasteiger partial charge is 0.161 e. The van der Waals surface area contributed by atoms with Crippen molar-refractivity contribution in [3.05, 3.63) is 34.7 Å². The van der Waals surface area contributed by atoms with E-state index in [1.165, 1.54) is 0 Å². The van der Waals surface area contributed by atoms with Crippen molar-refractivity contribution in [2.45, 2.75) is 52.6 Å². The van der Waals surface area contributed by atoms with Crippen LogP contribution in [0.5, 0.6) is 0 Å². The van der Waals surface area contributed by atoms with Crippen LogP contribution in [0.3, 0.4) is 0 Å². The summed E-state index contributed by atoms with van der Waals surface area (Å²) in [6, 6.07) is 1.97. The van der Waals surface area contributed by atoms with Gasteiger partial charge in [-0.2, -0.15) is 0 Å². The van der Waals surface area contributed by atoms with Crippen LogP contribution in [-0.4, -0.2) is 15.9 Å². The first-order valence-electron chi connectivity index (χ1n) is 6.94. The van der Waals surface area contributed by atoms with Crippen LogP contribution in [0.25, 0.3) is 5.57 Å². The van der Waals surface area contributed by atoms with Crippen LogP contribution in [0.1, 0.15) is 61.7 Å². The Kier molecular flexibility index (Phi) is 4.15. The fourth-order valence-corrected chi connectivity index (χ4v) is 2.70. The Balaban J connectivity index is 2.54. The normalized spacial score (nSPS) is 19.2. The Bertz CT molecular complexity index is 532. The molecule has 102 valence electrons. The molecule has 0 spiro atoms. The molecule has 1 aromatic heterocycles. The van der Waals surface area contributed by atoms with Crippen molar-refractivity contribution < 1.29 is 9.90 Å². The molecule has 0 amide bonds. The zero-order valence-electron chi connectivity index (χ0n) is 11.9. The molecule has 1 aromatic rings. The number of hydrogen-bond acceptors (Lipinski definition) is 3. The fourth-order valence-electron chi connectivity index (χ4n) is 2.70. The SMILES string of the molecule is CC/C=C(\C(C)=O)c1cc(C)c2c(n1)C(O)CCC2. The van der Waals surface area contributed by atoms with E-state index >= 15 is 0 Å². The molecule has 0 aliphatic heterocycles. The summed E-state index contributed by atoms with van der Waals surface area (Å²) in [6.07, 6.45) is 4.95. The molecule has 0 fully saturated rings. The van der Waals surface area contributed by atoms with Crippen LogP contribution >= 0.6 is 0 Å². The molecule has 1 aliphatic carbocycles. The number of allylic oxidation sites excluding steroid dienone is 2. The minimum Gasteiger partial charge on any atom is -0.387 e. The number of aromatic nitrogens is 1. The second-order valence-electron chi connectivity index (χ2n) is 5.18. The summed E-state index contributed by atoms with van der Waals surface area (Å²) in [5.74, 6) is 0.0269. The van der Waals surface area contributed by atoms with Crippen molar-refractivity contribution in [2.75, 3.05) is 0 Å². The predicted molar refractivity (Wildman–Crippen MR) is 75.8 cm³/mol. The number of ketones is 1. The summed E-state index contributed by atoms with van der Waals surface area (Å²) in [4.78, 5) is 16.3. The zero-order valence-corrected chi connectivity index (χ0v) is 11.9. The van der Waals surface area contributed by atoms with Gasteiger partial charge in [-0.25, -0.2) is 4.98 Å². The molecule has 19 heavy (non-hydrogen) atoms. The van der Waals surface area contributed by atoms with Gasteiger partial charge in [0.1, 0.15) is 0 Å². The molecule has 2 rings (SSSR count). The lowest BCUT2D eigenvalue weighted by Gasteiger charge is -2.23. The maximum Gasteiger partial charge on any atom is 0.161 e. The number of aryl methyl sites for hydroxylation is 1. The van der Waals surface area contributed by atoms with Crippen molar-refractivity contribution in [1.29, 1.82) is 0 Å². The van der Waals surface area contributed by atoms with E-state index in [9.17, 15) is 9.90 Å². The van der Waals surface area contributed by atoms with Gasteiger partial charge in [0.2, 0.25) is 0 Å². The maximum absolute atomic E-state index is 11.7. The van der Waals surface area contributed by atoms with E-state index in [0.717, 1.165) is 42.5 Å². The first-order chi connectivity index (χ1) is 9.04. The summed E-state index contributed by atoms with van der Waals surface area (Å²) < 4.78 is 0. The first kappa shape index (κ1) is 13.9. The number of pyridine rings is 1. The standard InChI is InChI=1S/C16H21NO2/c1-4-6-13(11(3)18)14-9-10(2)12-7-5-8-15(19)16(12)17-14/h6,9,15,19H,4-5,7-8H2,1-3H3/b13-6+. The van der Waals surface area contributed by atoms with Crippen molar-refractivity contribution >= 4 is 11.4 Å². The molecule has 0 saturated heterocycles. The Morgan fingerprint density at radius 2 is 2.32 bits per heavy atom. The van der Waals surface area contributed by atoms with E-state index in [1.54, 1.807) is 6.92 Å². The number of hydrogen-bond donors (Lipinski definition) is 1. The van der Waals surface area contributed by atoms with Crippen molar-refractivity contribution in [3.8, 4) is 0 Å². The average Bonchev–Trinajstić information content (AvgIpc) is 2.36. The number of Topliss-reactive ketones (excluding diaryl/α,β-unsaturated/α-hetero) is 1. The van der Waals surface area contributed by atoms with Gasteiger partial charge in [-0.3, -0.25) is 4.79 Å². The summed E-state index contributed by atoms with van der Waals surface area (Å²) in [7, 11) is 0. The Labute approximate surface area is 114 Å². The highest BCUT2D eigenvalue weighted by molar-refractivity contribution is 6.18. The van der Waals surface area contributed by atoms with Crippen LogP contribution in [0.2, 0.25) is 0 Å². The first-order valence-corrected chi connectivity index (χ1v) is 6.94. The highest BCUT2D eigenvalue weighted by atomic mass is 16.3. The third-order valence-corrected chi connectivity index (χ3v) is 3.66. The lowest BCUT2D eigenvalue weighted by molar-refractivity contribution is -0.111. The van der Waals surface area contributed by atoms with Crippen LogP contribution in [-0.2, 0) is 11.2 Å². The molecule has 1 unspecified atom stereocenters. The summed E-state index contributed by atoms with van der Waals surface area (Å²) in [6.45, 7) is 5.60. The van der Waals surface area contributed by atoms with Crippen molar-refractivity contribution in [1.82, 2.24) is 4.98 Å². The third-order valence-electron chi connectivity index (χ3n) is 3.66. The molecular formula is C16H21NO2. The Morgan fingerprint density at radius 3 is 2.95 bits per heavy atom. The maximum atomic E-state index is 11.7. The minimum atomic E-state index is -0.489. The van der Waals surface area contributed by atoms with Gasteiger partial charge >= 0.3 is 0 Å². The highest BCUT2D eigenvalue weighted by Gasteiger charge is 2.23. The summed E-state index contributed by atoms with van der Waals surface area (Å²) in [5.41, 5.74) is 4.41. The number of nitrogens with zero attached hydrogens (tertiary/aromatic N) is 1. The Morgan fingerprint density at radius 1 is 1.58 bits per heavy atom. The second kappa shape index (κ2) is 5.66. The molecule has 0 saturated carbocycles. The molecule has 0 aromatic carbocycles. The van der Waals surface area contributed by atoms with Crippen molar-refractivity contribution in [3.63, 3.8) is 0 Å². The van der Waals surface area contributed by atoms with Gasteiger partial charge in [0.25, 0.3) is 0 Å². The molecule has 0 radical (unpaired) electrons. The molecular weight excluding hydrogens is 238 g/mol. The molecule has 1 N–H and O–H groups in total. The number of carbonyl (C=O) groups excluding carboxylic acids is 1. The van der Waals surface area contributed by atoms with Gasteiger partial charge in [-0.15, -0.1) is 0 Å². The second-order valence-corrected chi connectivity index (χ2v) is 5.18. The highest BCUT2D eigenvalue weighted by Crippen LogP contribution is 2.32. The summed E-state index contributed by atoms with van der Waals surface area (Å²) >= 11 is 0. The molecule has 0 bridgehead atoms.